The van der Waals surface area contributed by atoms with Crippen LogP contribution in [-0.4, -0.2) is 59.6 Å². The Morgan fingerprint density at radius 1 is 1.00 bits per heavy atom. The number of hydrogen-bond acceptors (Lipinski definition) is 5. The maximum atomic E-state index is 9.89. The molecule has 0 aromatic rings. The van der Waals surface area contributed by atoms with Crippen molar-refractivity contribution in [1.82, 2.24) is 0 Å². The van der Waals surface area contributed by atoms with Gasteiger partial charge in [0.05, 0.1) is 13.2 Å². The Morgan fingerprint density at radius 2 is 1.58 bits per heavy atom. The summed E-state index contributed by atoms with van der Waals surface area (Å²) in [4.78, 5) is 0. The van der Waals surface area contributed by atoms with Crippen molar-refractivity contribution < 1.29 is 24.8 Å². The molecule has 1 aliphatic heterocycles. The molecule has 1 heterocycles. The van der Waals surface area contributed by atoms with E-state index in [1.807, 2.05) is 6.08 Å². The van der Waals surface area contributed by atoms with Crippen molar-refractivity contribution in [3.05, 3.63) is 12.7 Å². The van der Waals surface area contributed by atoms with Crippen LogP contribution in [0.15, 0.2) is 12.7 Å². The van der Waals surface area contributed by atoms with Crippen molar-refractivity contribution in [1.29, 1.82) is 0 Å². The van der Waals surface area contributed by atoms with Crippen LogP contribution in [-0.2, 0) is 9.47 Å². The van der Waals surface area contributed by atoms with Gasteiger partial charge < -0.3 is 24.8 Å². The molecule has 5 nitrogen and oxygen atoms in total. The van der Waals surface area contributed by atoms with Crippen molar-refractivity contribution in [3.63, 3.8) is 0 Å². The molecule has 0 bridgehead atoms. The molecule has 1 rings (SSSR count). The van der Waals surface area contributed by atoms with Crippen LogP contribution in [0.4, 0.5) is 0 Å². The van der Waals surface area contributed by atoms with Gasteiger partial charge in [0, 0.05) is 6.61 Å². The molecule has 0 saturated carbocycles. The number of allylic oxidation sites excluding steroid dienone is 1. The average molecular weight is 344 g/mol. The Bertz CT molecular complexity index is 310. The predicted molar refractivity (Wildman–Crippen MR) is 94.9 cm³/mol. The van der Waals surface area contributed by atoms with Gasteiger partial charge in [-0.15, -0.1) is 6.58 Å². The van der Waals surface area contributed by atoms with Crippen molar-refractivity contribution in [2.45, 2.75) is 88.6 Å². The summed E-state index contributed by atoms with van der Waals surface area (Å²) in [5.41, 5.74) is 0. The first-order valence-corrected chi connectivity index (χ1v) is 9.51. The Hall–Kier alpha value is -0.460. The highest BCUT2D eigenvalue weighted by Gasteiger charge is 2.39. The number of rotatable bonds is 15. The number of aliphatic hydroxyl groups excluding tert-OH is 3. The van der Waals surface area contributed by atoms with E-state index in [4.69, 9.17) is 9.47 Å². The minimum Gasteiger partial charge on any atom is -0.388 e. The second kappa shape index (κ2) is 13.8. The molecule has 1 fully saturated rings. The van der Waals surface area contributed by atoms with E-state index in [0.717, 1.165) is 19.3 Å². The Kier molecular flexibility index (Phi) is 12.4. The summed E-state index contributed by atoms with van der Waals surface area (Å²) in [6.45, 7) is 4.55. The first kappa shape index (κ1) is 21.6. The average Bonchev–Trinajstić information content (AvgIpc) is 2.91. The molecule has 0 unspecified atom stereocenters. The van der Waals surface area contributed by atoms with Gasteiger partial charge in [-0.3, -0.25) is 0 Å². The van der Waals surface area contributed by atoms with Gasteiger partial charge in [-0.1, -0.05) is 51.0 Å². The Balaban J connectivity index is 1.83. The second-order valence-electron chi connectivity index (χ2n) is 6.76. The standard InChI is InChI=1S/C19H36O5/c1-2-3-4-5-6-7-8-9-10-11-12-13-23-14-17(21)19-18(22)16(20)15-24-19/h2,16-22H,1,3-15H2/t16-,17+,18-,19-/m1/s1. The molecule has 0 spiro atoms. The first-order chi connectivity index (χ1) is 11.7. The molecular formula is C19H36O5. The molecule has 0 aromatic carbocycles. The van der Waals surface area contributed by atoms with Gasteiger partial charge in [0.2, 0.25) is 0 Å². The fraction of sp³-hybridized carbons (Fsp3) is 0.895. The van der Waals surface area contributed by atoms with Crippen LogP contribution in [0, 0.1) is 0 Å². The summed E-state index contributed by atoms with van der Waals surface area (Å²) in [5.74, 6) is 0. The van der Waals surface area contributed by atoms with Crippen LogP contribution in [0.1, 0.15) is 64.2 Å². The molecule has 5 heteroatoms. The van der Waals surface area contributed by atoms with Crippen LogP contribution in [0.2, 0.25) is 0 Å². The zero-order valence-electron chi connectivity index (χ0n) is 14.9. The highest BCUT2D eigenvalue weighted by atomic mass is 16.5. The van der Waals surface area contributed by atoms with Gasteiger partial charge in [-0.05, 0) is 19.3 Å². The van der Waals surface area contributed by atoms with E-state index >= 15 is 0 Å². The molecule has 4 atom stereocenters. The van der Waals surface area contributed by atoms with Crippen molar-refractivity contribution >= 4 is 0 Å². The Labute approximate surface area is 146 Å². The van der Waals surface area contributed by atoms with E-state index in [1.54, 1.807) is 0 Å². The summed E-state index contributed by atoms with van der Waals surface area (Å²) in [6, 6.07) is 0. The summed E-state index contributed by atoms with van der Waals surface area (Å²) in [6.07, 6.45) is 10.8. The highest BCUT2D eigenvalue weighted by molar-refractivity contribution is 4.87. The Morgan fingerprint density at radius 3 is 2.12 bits per heavy atom. The maximum Gasteiger partial charge on any atom is 0.114 e. The van der Waals surface area contributed by atoms with E-state index in [2.05, 4.69) is 6.58 Å². The van der Waals surface area contributed by atoms with Gasteiger partial charge in [0.1, 0.15) is 24.4 Å². The summed E-state index contributed by atoms with van der Waals surface area (Å²) in [5, 5.41) is 28.9. The van der Waals surface area contributed by atoms with Crippen LogP contribution in [0.25, 0.3) is 0 Å². The van der Waals surface area contributed by atoms with E-state index in [9.17, 15) is 15.3 Å². The smallest absolute Gasteiger partial charge is 0.114 e. The molecule has 1 aliphatic rings. The van der Waals surface area contributed by atoms with Crippen LogP contribution >= 0.6 is 0 Å². The fourth-order valence-corrected chi connectivity index (χ4v) is 2.99. The van der Waals surface area contributed by atoms with Gasteiger partial charge in [0.25, 0.3) is 0 Å². The molecule has 0 aliphatic carbocycles. The number of aliphatic hydroxyl groups is 3. The highest BCUT2D eigenvalue weighted by Crippen LogP contribution is 2.18. The lowest BCUT2D eigenvalue weighted by Gasteiger charge is -2.20. The molecule has 0 aromatic heterocycles. The van der Waals surface area contributed by atoms with Gasteiger partial charge in [-0.25, -0.2) is 0 Å². The lowest BCUT2D eigenvalue weighted by Crippen LogP contribution is -2.40. The second-order valence-corrected chi connectivity index (χ2v) is 6.76. The van der Waals surface area contributed by atoms with Crippen LogP contribution < -0.4 is 0 Å². The monoisotopic (exact) mass is 344 g/mol. The van der Waals surface area contributed by atoms with Gasteiger partial charge >= 0.3 is 0 Å². The van der Waals surface area contributed by atoms with Crippen molar-refractivity contribution in [2.24, 2.45) is 0 Å². The molecule has 0 amide bonds. The van der Waals surface area contributed by atoms with Crippen LogP contribution in [0.5, 0.6) is 0 Å². The summed E-state index contributed by atoms with van der Waals surface area (Å²) >= 11 is 0. The number of ether oxygens (including phenoxy) is 2. The topological polar surface area (TPSA) is 79.2 Å². The zero-order chi connectivity index (χ0) is 17.6. The number of unbranched alkanes of at least 4 members (excludes halogenated alkanes) is 9. The van der Waals surface area contributed by atoms with E-state index in [1.165, 1.54) is 44.9 Å². The van der Waals surface area contributed by atoms with E-state index in [-0.39, 0.29) is 13.2 Å². The maximum absolute atomic E-state index is 9.89. The minimum absolute atomic E-state index is 0.0666. The largest absolute Gasteiger partial charge is 0.388 e. The van der Waals surface area contributed by atoms with E-state index in [0.29, 0.717) is 6.61 Å². The molecule has 1 saturated heterocycles. The molecule has 3 N–H and O–H groups in total. The van der Waals surface area contributed by atoms with Gasteiger partial charge in [-0.2, -0.15) is 0 Å². The molecular weight excluding hydrogens is 308 g/mol. The minimum atomic E-state index is -1.03. The fourth-order valence-electron chi connectivity index (χ4n) is 2.99. The number of hydrogen-bond donors (Lipinski definition) is 3. The SMILES string of the molecule is C=CCCCCCCCCCCCOC[C@H](O)[C@H]1OC[C@@H](O)[C@H]1O. The van der Waals surface area contributed by atoms with E-state index < -0.39 is 24.4 Å². The van der Waals surface area contributed by atoms with Gasteiger partial charge in [0.15, 0.2) is 0 Å². The molecule has 24 heavy (non-hydrogen) atoms. The summed E-state index contributed by atoms with van der Waals surface area (Å²) in [7, 11) is 0. The van der Waals surface area contributed by atoms with Crippen molar-refractivity contribution in [2.75, 3.05) is 19.8 Å². The van der Waals surface area contributed by atoms with Crippen molar-refractivity contribution in [3.8, 4) is 0 Å². The lowest BCUT2D eigenvalue weighted by molar-refractivity contribution is -0.0813. The third-order valence-corrected chi connectivity index (χ3v) is 4.56. The normalized spacial score (nSPS) is 25.0. The molecule has 0 radical (unpaired) electrons. The third-order valence-electron chi connectivity index (χ3n) is 4.56. The summed E-state index contributed by atoms with van der Waals surface area (Å²) < 4.78 is 10.6. The van der Waals surface area contributed by atoms with Crippen LogP contribution in [0.3, 0.4) is 0 Å². The third kappa shape index (κ3) is 9.14. The zero-order valence-corrected chi connectivity index (χ0v) is 14.9. The quantitative estimate of drug-likeness (QED) is 0.314. The predicted octanol–water partition coefficient (Wildman–Crippen LogP) is 2.57. The molecule has 142 valence electrons. The first-order valence-electron chi connectivity index (χ1n) is 9.51. The lowest BCUT2D eigenvalue weighted by atomic mass is 10.1.